The SMILES string of the molecule is O=C(Nc1cncc(-c2ccc3[nH]nc(-c4nc5c(-c6ccccn6)cncc5[nH]4)c3c2)c1)C1CCCCC1. The number of nitrogens with one attached hydrogen (secondary N) is 3. The smallest absolute Gasteiger partial charge is 0.227 e. The van der Waals surface area contributed by atoms with Crippen LogP contribution in [0.15, 0.2) is 73.4 Å². The zero-order valence-electron chi connectivity index (χ0n) is 21.2. The molecular formula is C30H26N8O. The van der Waals surface area contributed by atoms with E-state index in [2.05, 4.69) is 41.5 Å². The number of rotatable bonds is 5. The number of anilines is 1. The van der Waals surface area contributed by atoms with E-state index in [1.807, 2.05) is 42.6 Å². The second kappa shape index (κ2) is 9.75. The molecule has 7 rings (SSSR count). The van der Waals surface area contributed by atoms with Gasteiger partial charge in [0.1, 0.15) is 11.2 Å². The van der Waals surface area contributed by atoms with E-state index in [1.54, 1.807) is 24.8 Å². The predicted octanol–water partition coefficient (Wildman–Crippen LogP) is 6.14. The summed E-state index contributed by atoms with van der Waals surface area (Å²) in [7, 11) is 0. The van der Waals surface area contributed by atoms with Crippen molar-refractivity contribution < 1.29 is 4.79 Å². The number of amides is 1. The molecule has 1 amide bonds. The average molecular weight is 515 g/mol. The number of hydrogen-bond acceptors (Lipinski definition) is 6. The van der Waals surface area contributed by atoms with Gasteiger partial charge in [-0.05, 0) is 48.7 Å². The van der Waals surface area contributed by atoms with Crippen molar-refractivity contribution in [3.8, 4) is 33.9 Å². The number of H-pyrrole nitrogens is 2. The van der Waals surface area contributed by atoms with Crippen molar-refractivity contribution in [1.82, 2.24) is 35.1 Å². The number of hydrogen-bond donors (Lipinski definition) is 3. The molecule has 1 aromatic carbocycles. The van der Waals surface area contributed by atoms with Crippen LogP contribution in [-0.2, 0) is 4.79 Å². The number of aromatic nitrogens is 7. The normalized spacial score (nSPS) is 14.2. The maximum absolute atomic E-state index is 12.8. The van der Waals surface area contributed by atoms with Gasteiger partial charge >= 0.3 is 0 Å². The minimum Gasteiger partial charge on any atom is -0.335 e. The predicted molar refractivity (Wildman–Crippen MR) is 151 cm³/mol. The largest absolute Gasteiger partial charge is 0.335 e. The van der Waals surface area contributed by atoms with Gasteiger partial charge in [0, 0.05) is 41.0 Å². The molecule has 0 aliphatic heterocycles. The fraction of sp³-hybridized carbons (Fsp3) is 0.200. The molecule has 6 aromatic rings. The molecular weight excluding hydrogens is 488 g/mol. The summed E-state index contributed by atoms with van der Waals surface area (Å²) in [6.45, 7) is 0. The van der Waals surface area contributed by atoms with Crippen LogP contribution in [0.4, 0.5) is 5.69 Å². The first-order valence-corrected chi connectivity index (χ1v) is 13.2. The summed E-state index contributed by atoms with van der Waals surface area (Å²) >= 11 is 0. The van der Waals surface area contributed by atoms with Crippen molar-refractivity contribution in [2.24, 2.45) is 5.92 Å². The van der Waals surface area contributed by atoms with Crippen LogP contribution in [0.5, 0.6) is 0 Å². The Bertz CT molecular complexity index is 1800. The number of aromatic amines is 2. The van der Waals surface area contributed by atoms with Gasteiger partial charge in [0.15, 0.2) is 5.82 Å². The Balaban J connectivity index is 1.23. The minimum atomic E-state index is 0.0874. The lowest BCUT2D eigenvalue weighted by Crippen LogP contribution is -2.24. The Hall–Kier alpha value is -4.92. The molecule has 0 saturated heterocycles. The molecule has 0 atom stereocenters. The molecule has 192 valence electrons. The highest BCUT2D eigenvalue weighted by atomic mass is 16.1. The Morgan fingerprint density at radius 1 is 0.897 bits per heavy atom. The summed E-state index contributed by atoms with van der Waals surface area (Å²) in [5, 5.41) is 11.7. The Labute approximate surface area is 224 Å². The van der Waals surface area contributed by atoms with Gasteiger partial charge in [0.25, 0.3) is 0 Å². The van der Waals surface area contributed by atoms with Gasteiger partial charge in [-0.25, -0.2) is 4.98 Å². The standard InChI is InChI=1S/C30H26N8O/c39-30(18-6-2-1-3-7-18)34-21-12-20(14-31-15-21)19-9-10-25-22(13-19)28(38-37-25)29-35-26-17-32-16-23(27(26)36-29)24-8-4-5-11-33-24/h4-5,8-18H,1-3,6-7H2,(H,34,39)(H,35,36)(H,37,38). The molecule has 9 heteroatoms. The highest BCUT2D eigenvalue weighted by Crippen LogP contribution is 2.33. The lowest BCUT2D eigenvalue weighted by molar-refractivity contribution is -0.120. The second-order valence-corrected chi connectivity index (χ2v) is 10.0. The summed E-state index contributed by atoms with van der Waals surface area (Å²) in [6, 6.07) is 13.8. The van der Waals surface area contributed by atoms with Gasteiger partial charge < -0.3 is 10.3 Å². The van der Waals surface area contributed by atoms with Crippen molar-refractivity contribution in [3.05, 3.63) is 73.4 Å². The molecule has 1 fully saturated rings. The number of nitrogens with zero attached hydrogens (tertiary/aromatic N) is 5. The quantitative estimate of drug-likeness (QED) is 0.254. The number of pyridine rings is 3. The first-order valence-electron chi connectivity index (χ1n) is 13.2. The van der Waals surface area contributed by atoms with Gasteiger partial charge in [-0.15, -0.1) is 0 Å². The fourth-order valence-corrected chi connectivity index (χ4v) is 5.40. The summed E-state index contributed by atoms with van der Waals surface area (Å²) in [5.41, 5.74) is 7.47. The van der Waals surface area contributed by atoms with Crippen LogP contribution < -0.4 is 5.32 Å². The first-order chi connectivity index (χ1) is 19.2. The Morgan fingerprint density at radius 2 is 1.79 bits per heavy atom. The average Bonchev–Trinajstić information content (AvgIpc) is 3.62. The second-order valence-electron chi connectivity index (χ2n) is 10.0. The molecule has 5 aromatic heterocycles. The van der Waals surface area contributed by atoms with Crippen LogP contribution in [-0.4, -0.2) is 41.0 Å². The highest BCUT2D eigenvalue weighted by Gasteiger charge is 2.21. The lowest BCUT2D eigenvalue weighted by Gasteiger charge is -2.20. The summed E-state index contributed by atoms with van der Waals surface area (Å²) < 4.78 is 0. The number of carbonyl (C=O) groups excluding carboxylic acids is 1. The van der Waals surface area contributed by atoms with Crippen molar-refractivity contribution >= 4 is 33.5 Å². The van der Waals surface area contributed by atoms with Crippen molar-refractivity contribution in [1.29, 1.82) is 0 Å². The van der Waals surface area contributed by atoms with E-state index in [0.717, 1.165) is 70.0 Å². The molecule has 9 nitrogen and oxygen atoms in total. The van der Waals surface area contributed by atoms with Gasteiger partial charge in [0.05, 0.1) is 34.8 Å². The fourth-order valence-electron chi connectivity index (χ4n) is 5.40. The molecule has 0 radical (unpaired) electrons. The van der Waals surface area contributed by atoms with Crippen LogP contribution in [0.2, 0.25) is 0 Å². The number of carbonyl (C=O) groups is 1. The monoisotopic (exact) mass is 514 g/mol. The Morgan fingerprint density at radius 3 is 2.67 bits per heavy atom. The number of benzene rings is 1. The molecule has 5 heterocycles. The minimum absolute atomic E-state index is 0.0874. The van der Waals surface area contributed by atoms with E-state index in [1.165, 1.54) is 6.42 Å². The maximum Gasteiger partial charge on any atom is 0.227 e. The highest BCUT2D eigenvalue weighted by molar-refractivity contribution is 5.98. The number of imidazole rings is 1. The molecule has 0 bridgehead atoms. The van der Waals surface area contributed by atoms with Crippen LogP contribution in [0.3, 0.4) is 0 Å². The zero-order chi connectivity index (χ0) is 26.2. The molecule has 3 N–H and O–H groups in total. The molecule has 1 aliphatic carbocycles. The van der Waals surface area contributed by atoms with E-state index in [0.29, 0.717) is 17.2 Å². The summed E-state index contributed by atoms with van der Waals surface area (Å²) in [6.07, 6.45) is 14.2. The topological polar surface area (TPSA) is 125 Å². The van der Waals surface area contributed by atoms with Crippen molar-refractivity contribution in [2.45, 2.75) is 32.1 Å². The molecule has 0 spiro atoms. The van der Waals surface area contributed by atoms with Crippen LogP contribution in [0.1, 0.15) is 32.1 Å². The molecule has 39 heavy (non-hydrogen) atoms. The third-order valence-electron chi connectivity index (χ3n) is 7.44. The maximum atomic E-state index is 12.8. The van der Waals surface area contributed by atoms with Crippen molar-refractivity contribution in [2.75, 3.05) is 5.32 Å². The van der Waals surface area contributed by atoms with Crippen molar-refractivity contribution in [3.63, 3.8) is 0 Å². The molecule has 1 aliphatic rings. The van der Waals surface area contributed by atoms with E-state index in [-0.39, 0.29) is 11.8 Å². The van der Waals surface area contributed by atoms with E-state index in [9.17, 15) is 4.79 Å². The molecule has 0 unspecified atom stereocenters. The van der Waals surface area contributed by atoms with Gasteiger partial charge in [-0.2, -0.15) is 5.10 Å². The van der Waals surface area contributed by atoms with Crippen LogP contribution in [0.25, 0.3) is 55.8 Å². The molecule has 1 saturated carbocycles. The Kier molecular flexibility index (Phi) is 5.81. The third kappa shape index (κ3) is 4.41. The van der Waals surface area contributed by atoms with Crippen LogP contribution in [0, 0.1) is 5.92 Å². The van der Waals surface area contributed by atoms with Gasteiger partial charge in [0.2, 0.25) is 5.91 Å². The summed E-state index contributed by atoms with van der Waals surface area (Å²) in [5.74, 6) is 0.820. The third-order valence-corrected chi connectivity index (χ3v) is 7.44. The number of fused-ring (bicyclic) bond motifs is 2. The zero-order valence-corrected chi connectivity index (χ0v) is 21.2. The van der Waals surface area contributed by atoms with Gasteiger partial charge in [-0.3, -0.25) is 24.8 Å². The van der Waals surface area contributed by atoms with E-state index >= 15 is 0 Å². The van der Waals surface area contributed by atoms with Crippen LogP contribution >= 0.6 is 0 Å². The van der Waals surface area contributed by atoms with Gasteiger partial charge in [-0.1, -0.05) is 31.4 Å². The lowest BCUT2D eigenvalue weighted by atomic mass is 9.88. The summed E-state index contributed by atoms with van der Waals surface area (Å²) in [4.78, 5) is 34.3. The van der Waals surface area contributed by atoms with E-state index in [4.69, 9.17) is 4.98 Å². The van der Waals surface area contributed by atoms with E-state index < -0.39 is 0 Å². The first kappa shape index (κ1) is 23.2.